The first kappa shape index (κ1) is 20.9. The van der Waals surface area contributed by atoms with Gasteiger partial charge >= 0.3 is 0 Å². The Balaban J connectivity index is 1.35. The Bertz CT molecular complexity index is 1220. The molecule has 5 rings (SSSR count). The van der Waals surface area contributed by atoms with Crippen LogP contribution in [0.5, 0.6) is 0 Å². The van der Waals surface area contributed by atoms with Gasteiger partial charge in [0.2, 0.25) is 0 Å². The molecule has 168 valence electrons. The lowest BCUT2D eigenvalue weighted by Crippen LogP contribution is -2.43. The van der Waals surface area contributed by atoms with Crippen molar-refractivity contribution in [1.82, 2.24) is 25.4 Å². The van der Waals surface area contributed by atoms with Crippen molar-refractivity contribution in [3.63, 3.8) is 0 Å². The number of hydrogen-bond donors (Lipinski definition) is 3. The summed E-state index contributed by atoms with van der Waals surface area (Å²) in [5, 5.41) is 14.3. The highest BCUT2D eigenvalue weighted by atomic mass is 32.2. The number of H-pyrrole nitrogens is 1. The van der Waals surface area contributed by atoms with E-state index in [-0.39, 0.29) is 17.4 Å². The molecule has 0 atom stereocenters. The topological polar surface area (TPSA) is 120 Å². The summed E-state index contributed by atoms with van der Waals surface area (Å²) in [6.07, 6.45) is 7.41. The van der Waals surface area contributed by atoms with Gasteiger partial charge in [0.1, 0.15) is 0 Å². The van der Waals surface area contributed by atoms with Crippen molar-refractivity contribution in [2.75, 3.05) is 43.0 Å². The molecule has 9 nitrogen and oxygen atoms in total. The second-order valence-electron chi connectivity index (χ2n) is 8.43. The molecule has 3 heterocycles. The molecule has 32 heavy (non-hydrogen) atoms. The maximum absolute atomic E-state index is 13.0. The minimum Gasteiger partial charge on any atom is -0.381 e. The first-order valence-electron chi connectivity index (χ1n) is 10.9. The lowest BCUT2D eigenvalue weighted by atomic mass is 10.0. The van der Waals surface area contributed by atoms with Gasteiger partial charge in [0.05, 0.1) is 34.5 Å². The summed E-state index contributed by atoms with van der Waals surface area (Å²) in [7, 11) is -2.90. The summed E-state index contributed by atoms with van der Waals surface area (Å²) < 4.78 is 23.2. The van der Waals surface area contributed by atoms with E-state index >= 15 is 0 Å². The van der Waals surface area contributed by atoms with Crippen molar-refractivity contribution in [3.05, 3.63) is 42.4 Å². The fourth-order valence-corrected chi connectivity index (χ4v) is 5.21. The van der Waals surface area contributed by atoms with Crippen molar-refractivity contribution in [1.29, 1.82) is 0 Å². The summed E-state index contributed by atoms with van der Waals surface area (Å²) in [4.78, 5) is 19.6. The van der Waals surface area contributed by atoms with Gasteiger partial charge in [-0.2, -0.15) is 5.10 Å². The van der Waals surface area contributed by atoms with E-state index in [4.69, 9.17) is 0 Å². The van der Waals surface area contributed by atoms with Gasteiger partial charge in [0.25, 0.3) is 5.91 Å². The number of nitrogens with one attached hydrogen (secondary N) is 3. The van der Waals surface area contributed by atoms with Crippen molar-refractivity contribution in [3.8, 4) is 11.1 Å². The van der Waals surface area contributed by atoms with Gasteiger partial charge in [-0.05, 0) is 30.5 Å². The molecule has 2 aliphatic rings. The second-order valence-corrected chi connectivity index (χ2v) is 10.7. The SMILES string of the molecule is O=C(NCCN1CCS(=O)(=O)CC1)c1cnc2ccc(-c3cn[nH]c3)cc2c1NC1CC1. The molecule has 3 N–H and O–H groups in total. The van der Waals surface area contributed by atoms with E-state index in [9.17, 15) is 13.2 Å². The zero-order valence-corrected chi connectivity index (χ0v) is 18.5. The van der Waals surface area contributed by atoms with Crippen molar-refractivity contribution in [2.24, 2.45) is 0 Å². The van der Waals surface area contributed by atoms with Crippen LogP contribution in [0.2, 0.25) is 0 Å². The standard InChI is InChI=1S/C22H26N6O3S/c29-22(23-5-6-28-7-9-32(30,31)10-8-28)19-14-24-20-4-1-15(16-12-25-26-13-16)11-18(20)21(19)27-17-2-3-17/h1,4,11-14,17H,2-3,5-10H2,(H,23,29)(H,24,27)(H,25,26). The molecule has 1 saturated carbocycles. The number of anilines is 1. The zero-order chi connectivity index (χ0) is 22.1. The monoisotopic (exact) mass is 454 g/mol. The first-order chi connectivity index (χ1) is 15.5. The summed E-state index contributed by atoms with van der Waals surface area (Å²) >= 11 is 0. The van der Waals surface area contributed by atoms with E-state index in [0.717, 1.165) is 40.6 Å². The lowest BCUT2D eigenvalue weighted by molar-refractivity contribution is 0.0949. The highest BCUT2D eigenvalue weighted by molar-refractivity contribution is 7.91. The Morgan fingerprint density at radius 3 is 2.69 bits per heavy atom. The van der Waals surface area contributed by atoms with E-state index < -0.39 is 9.84 Å². The molecule has 1 saturated heterocycles. The van der Waals surface area contributed by atoms with Crippen LogP contribution in [-0.2, 0) is 9.84 Å². The maximum Gasteiger partial charge on any atom is 0.255 e. The number of aromatic nitrogens is 3. The molecule has 10 heteroatoms. The largest absolute Gasteiger partial charge is 0.381 e. The molecule has 2 fully saturated rings. The molecular formula is C22H26N6O3S. The highest BCUT2D eigenvalue weighted by Gasteiger charge is 2.26. The Morgan fingerprint density at radius 2 is 1.97 bits per heavy atom. The van der Waals surface area contributed by atoms with Crippen LogP contribution in [0.3, 0.4) is 0 Å². The lowest BCUT2D eigenvalue weighted by Gasteiger charge is -2.26. The van der Waals surface area contributed by atoms with Crippen molar-refractivity contribution >= 4 is 32.3 Å². The molecule has 0 bridgehead atoms. The molecule has 0 radical (unpaired) electrons. The van der Waals surface area contributed by atoms with Gasteiger partial charge in [0.15, 0.2) is 9.84 Å². The van der Waals surface area contributed by atoms with Crippen LogP contribution in [-0.4, -0.2) is 78.1 Å². The van der Waals surface area contributed by atoms with E-state index in [1.54, 1.807) is 12.4 Å². The number of benzene rings is 1. The van der Waals surface area contributed by atoms with Crippen LogP contribution in [0.25, 0.3) is 22.0 Å². The molecule has 1 amide bonds. The van der Waals surface area contributed by atoms with E-state index in [0.29, 0.717) is 37.8 Å². The number of rotatable bonds is 7. The highest BCUT2D eigenvalue weighted by Crippen LogP contribution is 2.34. The van der Waals surface area contributed by atoms with Gasteiger partial charge in [-0.25, -0.2) is 8.42 Å². The van der Waals surface area contributed by atoms with E-state index in [1.165, 1.54) is 0 Å². The normalized spacial score (nSPS) is 18.5. The summed E-state index contributed by atoms with van der Waals surface area (Å²) in [5.41, 5.74) is 4.14. The predicted molar refractivity (Wildman–Crippen MR) is 123 cm³/mol. The fraction of sp³-hybridized carbons (Fsp3) is 0.409. The summed E-state index contributed by atoms with van der Waals surface area (Å²) in [6.45, 7) is 2.11. The molecule has 0 spiro atoms. The molecule has 3 aromatic rings. The van der Waals surface area contributed by atoms with Gasteiger partial charge in [-0.3, -0.25) is 19.8 Å². The van der Waals surface area contributed by atoms with Crippen LogP contribution < -0.4 is 10.6 Å². The van der Waals surface area contributed by atoms with E-state index in [1.807, 2.05) is 24.4 Å². The number of sulfone groups is 1. The minimum atomic E-state index is -2.90. The number of pyridine rings is 1. The zero-order valence-electron chi connectivity index (χ0n) is 17.7. The number of amides is 1. The average molecular weight is 455 g/mol. The van der Waals surface area contributed by atoms with Crippen molar-refractivity contribution < 1.29 is 13.2 Å². The number of carbonyl (C=O) groups excluding carboxylic acids is 1. The number of carbonyl (C=O) groups is 1. The third-order valence-corrected chi connectivity index (χ3v) is 7.63. The quantitative estimate of drug-likeness (QED) is 0.497. The third-order valence-electron chi connectivity index (χ3n) is 6.02. The molecule has 0 unspecified atom stereocenters. The molecular weight excluding hydrogens is 428 g/mol. The fourth-order valence-electron chi connectivity index (χ4n) is 3.94. The van der Waals surface area contributed by atoms with Gasteiger partial charge < -0.3 is 10.6 Å². The Labute approximate surface area is 186 Å². The third kappa shape index (κ3) is 4.61. The Morgan fingerprint density at radius 1 is 1.16 bits per heavy atom. The van der Waals surface area contributed by atoms with Crippen LogP contribution in [0.15, 0.2) is 36.8 Å². The van der Waals surface area contributed by atoms with Gasteiger partial charge in [-0.15, -0.1) is 0 Å². The van der Waals surface area contributed by atoms with Gasteiger partial charge in [-0.1, -0.05) is 6.07 Å². The first-order valence-corrected chi connectivity index (χ1v) is 12.7. The number of nitrogens with zero attached hydrogens (tertiary/aromatic N) is 3. The Hall–Kier alpha value is -2.98. The smallest absolute Gasteiger partial charge is 0.255 e. The molecule has 1 aliphatic carbocycles. The van der Waals surface area contributed by atoms with Crippen molar-refractivity contribution in [2.45, 2.75) is 18.9 Å². The predicted octanol–water partition coefficient (Wildman–Crippen LogP) is 1.66. The molecule has 1 aromatic carbocycles. The maximum atomic E-state index is 13.0. The number of aromatic amines is 1. The van der Waals surface area contributed by atoms with Gasteiger partial charge in [0, 0.05) is 55.6 Å². The molecule has 1 aliphatic heterocycles. The minimum absolute atomic E-state index is 0.180. The number of fused-ring (bicyclic) bond motifs is 1. The van der Waals surface area contributed by atoms with Crippen LogP contribution in [0.4, 0.5) is 5.69 Å². The van der Waals surface area contributed by atoms with Crippen LogP contribution >= 0.6 is 0 Å². The number of hydrogen-bond acceptors (Lipinski definition) is 7. The summed E-state index contributed by atoms with van der Waals surface area (Å²) in [6, 6.07) is 6.38. The summed E-state index contributed by atoms with van der Waals surface area (Å²) in [5.74, 6) is 0.189. The van der Waals surface area contributed by atoms with E-state index in [2.05, 4.69) is 30.7 Å². The molecule has 2 aromatic heterocycles. The average Bonchev–Trinajstić information content (AvgIpc) is 3.43. The van der Waals surface area contributed by atoms with Crippen LogP contribution in [0.1, 0.15) is 23.2 Å². The van der Waals surface area contributed by atoms with Crippen LogP contribution in [0, 0.1) is 0 Å². The second kappa shape index (κ2) is 8.51. The Kier molecular flexibility index (Phi) is 5.56.